The lowest BCUT2D eigenvalue weighted by Crippen LogP contribution is -2.17. The molecule has 3 heterocycles. The second-order valence-electron chi connectivity index (χ2n) is 10.3. The fourth-order valence-corrected chi connectivity index (χ4v) is 5.58. The molecule has 6 rings (SSSR count). The third kappa shape index (κ3) is 5.25. The smallest absolute Gasteiger partial charge is 0.138 e. The van der Waals surface area contributed by atoms with Crippen molar-refractivity contribution in [3.05, 3.63) is 84.4 Å². The SMILES string of the molecule is COCC=Cc1ccc(-c2nc(-c3ccc(N4CCCC4)cc3)c(-c3ccc(N4CCCC4)cc3)[nH]2)cc1. The van der Waals surface area contributed by atoms with E-state index in [2.05, 4.69) is 93.7 Å². The Hall–Kier alpha value is -3.83. The zero-order chi connectivity index (χ0) is 25.7. The van der Waals surface area contributed by atoms with Crippen LogP contribution in [0.2, 0.25) is 0 Å². The Bertz CT molecular complexity index is 1280. The molecule has 0 radical (unpaired) electrons. The molecule has 1 aromatic heterocycles. The molecule has 4 aromatic rings. The summed E-state index contributed by atoms with van der Waals surface area (Å²) in [6, 6.07) is 26.4. The number of hydrogen-bond donors (Lipinski definition) is 1. The minimum atomic E-state index is 0.611. The minimum absolute atomic E-state index is 0.611. The predicted octanol–water partition coefficient (Wildman–Crippen LogP) is 7.27. The molecule has 2 aliphatic heterocycles. The van der Waals surface area contributed by atoms with Gasteiger partial charge in [0, 0.05) is 61.4 Å². The molecule has 2 saturated heterocycles. The van der Waals surface area contributed by atoms with Crippen LogP contribution in [0.3, 0.4) is 0 Å². The molecular weight excluding hydrogens is 468 g/mol. The number of benzene rings is 3. The van der Waals surface area contributed by atoms with Gasteiger partial charge in [0.05, 0.1) is 18.0 Å². The molecule has 0 spiro atoms. The van der Waals surface area contributed by atoms with Gasteiger partial charge in [-0.3, -0.25) is 0 Å². The number of nitrogens with zero attached hydrogens (tertiary/aromatic N) is 3. The van der Waals surface area contributed by atoms with Crippen LogP contribution in [0.1, 0.15) is 31.2 Å². The Morgan fingerprint density at radius 2 is 1.24 bits per heavy atom. The molecule has 1 N–H and O–H groups in total. The molecule has 0 atom stereocenters. The first-order valence-electron chi connectivity index (χ1n) is 13.9. The van der Waals surface area contributed by atoms with Crippen molar-refractivity contribution in [2.45, 2.75) is 25.7 Å². The zero-order valence-corrected chi connectivity index (χ0v) is 22.2. The number of ether oxygens (including phenoxy) is 1. The van der Waals surface area contributed by atoms with E-state index in [9.17, 15) is 0 Å². The second kappa shape index (κ2) is 11.3. The maximum absolute atomic E-state index is 5.14. The summed E-state index contributed by atoms with van der Waals surface area (Å²) in [5.41, 5.74) is 9.17. The zero-order valence-electron chi connectivity index (χ0n) is 22.2. The van der Waals surface area contributed by atoms with Gasteiger partial charge in [0.25, 0.3) is 0 Å². The third-order valence-corrected chi connectivity index (χ3v) is 7.70. The molecule has 0 saturated carbocycles. The van der Waals surface area contributed by atoms with Crippen molar-refractivity contribution in [3.8, 4) is 33.9 Å². The summed E-state index contributed by atoms with van der Waals surface area (Å²) in [6.07, 6.45) is 9.23. The maximum atomic E-state index is 5.14. The van der Waals surface area contributed by atoms with Crippen LogP contribution < -0.4 is 9.80 Å². The number of methoxy groups -OCH3 is 1. The monoisotopic (exact) mass is 504 g/mol. The van der Waals surface area contributed by atoms with Gasteiger partial charge in [-0.25, -0.2) is 4.98 Å². The van der Waals surface area contributed by atoms with E-state index < -0.39 is 0 Å². The highest BCUT2D eigenvalue weighted by Gasteiger charge is 2.18. The second-order valence-corrected chi connectivity index (χ2v) is 10.3. The van der Waals surface area contributed by atoms with E-state index in [0.29, 0.717) is 6.61 Å². The molecule has 3 aromatic carbocycles. The number of nitrogens with one attached hydrogen (secondary N) is 1. The summed E-state index contributed by atoms with van der Waals surface area (Å²) < 4.78 is 5.12. The molecule has 2 aliphatic rings. The molecule has 38 heavy (non-hydrogen) atoms. The summed E-state index contributed by atoms with van der Waals surface area (Å²) in [4.78, 5) is 13.8. The van der Waals surface area contributed by atoms with Gasteiger partial charge in [0.2, 0.25) is 0 Å². The highest BCUT2D eigenvalue weighted by Crippen LogP contribution is 2.35. The minimum Gasteiger partial charge on any atom is -0.381 e. The fraction of sp³-hybridized carbons (Fsp3) is 0.303. The molecule has 5 heteroatoms. The average molecular weight is 505 g/mol. The number of hydrogen-bond acceptors (Lipinski definition) is 4. The van der Waals surface area contributed by atoms with E-state index in [1.807, 2.05) is 6.08 Å². The molecule has 0 bridgehead atoms. The summed E-state index contributed by atoms with van der Waals surface area (Å²) >= 11 is 0. The Morgan fingerprint density at radius 3 is 1.79 bits per heavy atom. The van der Waals surface area contributed by atoms with Gasteiger partial charge in [0.15, 0.2) is 0 Å². The lowest BCUT2D eigenvalue weighted by atomic mass is 10.0. The van der Waals surface area contributed by atoms with Crippen molar-refractivity contribution in [2.75, 3.05) is 49.7 Å². The van der Waals surface area contributed by atoms with Crippen LogP contribution in [0.25, 0.3) is 40.0 Å². The van der Waals surface area contributed by atoms with E-state index in [4.69, 9.17) is 9.72 Å². The Balaban J connectivity index is 1.34. The number of rotatable bonds is 8. The Kier molecular flexibility index (Phi) is 7.27. The van der Waals surface area contributed by atoms with Gasteiger partial charge in [-0.2, -0.15) is 0 Å². The standard InChI is InChI=1S/C33H36N4O/c1-38-24-6-7-25-8-10-28(11-9-25)33-34-31(26-12-16-29(17-13-26)36-20-2-3-21-36)32(35-33)27-14-18-30(19-15-27)37-22-4-5-23-37/h6-19H,2-5,20-24H2,1H3,(H,34,35). The number of anilines is 2. The summed E-state index contributed by atoms with van der Waals surface area (Å²) in [5.74, 6) is 0.884. The van der Waals surface area contributed by atoms with E-state index in [0.717, 1.165) is 65.6 Å². The van der Waals surface area contributed by atoms with Crippen molar-refractivity contribution in [1.82, 2.24) is 9.97 Å². The molecule has 0 unspecified atom stereocenters. The van der Waals surface area contributed by atoms with Gasteiger partial charge in [-0.15, -0.1) is 0 Å². The fourth-order valence-electron chi connectivity index (χ4n) is 5.58. The quantitative estimate of drug-likeness (QED) is 0.274. The largest absolute Gasteiger partial charge is 0.381 e. The molecule has 0 amide bonds. The first kappa shape index (κ1) is 24.5. The van der Waals surface area contributed by atoms with Gasteiger partial charge in [-0.05, 0) is 55.5 Å². The van der Waals surface area contributed by atoms with Crippen LogP contribution in [-0.4, -0.2) is 49.9 Å². The lowest BCUT2D eigenvalue weighted by molar-refractivity contribution is 0.234. The summed E-state index contributed by atoms with van der Waals surface area (Å²) in [6.45, 7) is 5.21. The van der Waals surface area contributed by atoms with E-state index in [-0.39, 0.29) is 0 Å². The Morgan fingerprint density at radius 1 is 0.711 bits per heavy atom. The molecule has 0 aliphatic carbocycles. The molecule has 2 fully saturated rings. The van der Waals surface area contributed by atoms with Gasteiger partial charge < -0.3 is 19.5 Å². The van der Waals surface area contributed by atoms with Crippen molar-refractivity contribution < 1.29 is 4.74 Å². The average Bonchev–Trinajstić information content (AvgIpc) is 3.76. The topological polar surface area (TPSA) is 44.4 Å². The highest BCUT2D eigenvalue weighted by atomic mass is 16.5. The highest BCUT2D eigenvalue weighted by molar-refractivity contribution is 5.82. The van der Waals surface area contributed by atoms with Crippen LogP contribution in [0.5, 0.6) is 0 Å². The Labute approximate surface area is 225 Å². The van der Waals surface area contributed by atoms with Crippen LogP contribution in [-0.2, 0) is 4.74 Å². The van der Waals surface area contributed by atoms with Crippen molar-refractivity contribution in [1.29, 1.82) is 0 Å². The molecular formula is C33H36N4O. The normalized spacial score (nSPS) is 15.7. The number of imidazole rings is 1. The van der Waals surface area contributed by atoms with Gasteiger partial charge >= 0.3 is 0 Å². The predicted molar refractivity (Wildman–Crippen MR) is 159 cm³/mol. The third-order valence-electron chi connectivity index (χ3n) is 7.70. The summed E-state index contributed by atoms with van der Waals surface area (Å²) in [5, 5.41) is 0. The lowest BCUT2D eigenvalue weighted by Gasteiger charge is -2.18. The molecule has 194 valence electrons. The van der Waals surface area contributed by atoms with Crippen LogP contribution in [0, 0.1) is 0 Å². The van der Waals surface area contributed by atoms with Crippen molar-refractivity contribution in [2.24, 2.45) is 0 Å². The van der Waals surface area contributed by atoms with Crippen LogP contribution in [0.4, 0.5) is 11.4 Å². The van der Waals surface area contributed by atoms with Crippen LogP contribution in [0.15, 0.2) is 78.9 Å². The van der Waals surface area contributed by atoms with E-state index >= 15 is 0 Å². The van der Waals surface area contributed by atoms with Gasteiger partial charge in [0.1, 0.15) is 5.82 Å². The maximum Gasteiger partial charge on any atom is 0.138 e. The van der Waals surface area contributed by atoms with Gasteiger partial charge in [-0.1, -0.05) is 60.7 Å². The number of aromatic amines is 1. The van der Waals surface area contributed by atoms with Crippen LogP contribution >= 0.6 is 0 Å². The first-order valence-corrected chi connectivity index (χ1v) is 13.9. The van der Waals surface area contributed by atoms with E-state index in [1.165, 1.54) is 37.1 Å². The van der Waals surface area contributed by atoms with Crippen molar-refractivity contribution >= 4 is 17.5 Å². The molecule has 5 nitrogen and oxygen atoms in total. The van der Waals surface area contributed by atoms with Crippen molar-refractivity contribution in [3.63, 3.8) is 0 Å². The number of aromatic nitrogens is 2. The first-order chi connectivity index (χ1) is 18.8. The summed E-state index contributed by atoms with van der Waals surface area (Å²) in [7, 11) is 1.71. The van der Waals surface area contributed by atoms with E-state index in [1.54, 1.807) is 7.11 Å². The number of H-pyrrole nitrogens is 1.